The largest absolute Gasteiger partial charge is 0.406 e. The quantitative estimate of drug-likeness (QED) is 0.713. The molecule has 1 saturated heterocycles. The van der Waals surface area contributed by atoms with Crippen molar-refractivity contribution in [2.45, 2.75) is 13.0 Å². The summed E-state index contributed by atoms with van der Waals surface area (Å²) in [7, 11) is 0. The van der Waals surface area contributed by atoms with Crippen molar-refractivity contribution in [2.24, 2.45) is 5.73 Å². The highest BCUT2D eigenvalue weighted by molar-refractivity contribution is 5.25. The first-order valence-corrected chi connectivity index (χ1v) is 5.88. The van der Waals surface area contributed by atoms with E-state index < -0.39 is 0 Å². The number of β-amino-alcohol motifs (C(OH)–C–C–N with tert-alkyl or cyclic N) is 1. The van der Waals surface area contributed by atoms with Crippen LogP contribution in [0.5, 0.6) is 0 Å². The Labute approximate surface area is 100 Å². The molecule has 1 atom stereocenters. The van der Waals surface area contributed by atoms with E-state index in [1.165, 1.54) is 0 Å². The molecule has 0 amide bonds. The van der Waals surface area contributed by atoms with E-state index in [4.69, 9.17) is 15.3 Å². The minimum Gasteiger partial charge on any atom is -0.406 e. The van der Waals surface area contributed by atoms with Gasteiger partial charge in [-0.15, -0.1) is 5.10 Å². The Balaban J connectivity index is 1.91. The Morgan fingerprint density at radius 1 is 1.35 bits per heavy atom. The van der Waals surface area contributed by atoms with E-state index in [0.717, 1.165) is 32.7 Å². The van der Waals surface area contributed by atoms with Gasteiger partial charge in [0.15, 0.2) is 0 Å². The summed E-state index contributed by atoms with van der Waals surface area (Å²) < 4.78 is 5.49. The number of aromatic nitrogens is 2. The maximum absolute atomic E-state index is 8.86. The molecule has 1 fully saturated rings. The van der Waals surface area contributed by atoms with E-state index >= 15 is 0 Å². The van der Waals surface area contributed by atoms with Gasteiger partial charge in [0.2, 0.25) is 5.89 Å². The van der Waals surface area contributed by atoms with E-state index in [9.17, 15) is 0 Å². The molecule has 7 nitrogen and oxygen atoms in total. The van der Waals surface area contributed by atoms with Crippen molar-refractivity contribution in [3.63, 3.8) is 0 Å². The highest BCUT2D eigenvalue weighted by Crippen LogP contribution is 2.17. The van der Waals surface area contributed by atoms with Gasteiger partial charge in [-0.25, -0.2) is 0 Å². The average molecular weight is 241 g/mol. The van der Waals surface area contributed by atoms with Crippen LogP contribution in [0.25, 0.3) is 0 Å². The van der Waals surface area contributed by atoms with Gasteiger partial charge in [0.25, 0.3) is 0 Å². The fraction of sp³-hybridized carbons (Fsp3) is 0.800. The van der Waals surface area contributed by atoms with E-state index in [0.29, 0.717) is 11.9 Å². The van der Waals surface area contributed by atoms with Gasteiger partial charge in [0, 0.05) is 32.7 Å². The van der Waals surface area contributed by atoms with Crippen molar-refractivity contribution >= 4 is 6.01 Å². The summed E-state index contributed by atoms with van der Waals surface area (Å²) in [5.74, 6) is 0.470. The predicted molar refractivity (Wildman–Crippen MR) is 62.6 cm³/mol. The van der Waals surface area contributed by atoms with Gasteiger partial charge in [-0.05, 0) is 6.92 Å². The molecule has 1 aliphatic rings. The summed E-state index contributed by atoms with van der Waals surface area (Å²) in [6.07, 6.45) is 0. The van der Waals surface area contributed by atoms with Gasteiger partial charge in [-0.2, -0.15) is 0 Å². The topological polar surface area (TPSA) is 91.7 Å². The first-order chi connectivity index (χ1) is 8.20. The zero-order chi connectivity index (χ0) is 12.3. The second-order valence-corrected chi connectivity index (χ2v) is 4.26. The summed E-state index contributed by atoms with van der Waals surface area (Å²) in [5, 5.41) is 16.8. The van der Waals surface area contributed by atoms with Crippen LogP contribution in [0.15, 0.2) is 4.42 Å². The number of aliphatic hydroxyl groups excluding tert-OH is 1. The minimum atomic E-state index is -0.230. The molecule has 7 heteroatoms. The third kappa shape index (κ3) is 2.93. The van der Waals surface area contributed by atoms with Gasteiger partial charge in [0.1, 0.15) is 0 Å². The van der Waals surface area contributed by atoms with Crippen molar-refractivity contribution in [3.8, 4) is 0 Å². The molecule has 1 aromatic heterocycles. The molecule has 0 aliphatic carbocycles. The molecule has 0 aromatic carbocycles. The van der Waals surface area contributed by atoms with E-state index in [2.05, 4.69) is 15.1 Å². The SMILES string of the molecule is CC(N)c1nnc(N2CCN(CCO)CC2)o1. The Morgan fingerprint density at radius 2 is 2.06 bits per heavy atom. The van der Waals surface area contributed by atoms with Crippen LogP contribution in [-0.4, -0.2) is 59.5 Å². The fourth-order valence-electron chi connectivity index (χ4n) is 1.84. The van der Waals surface area contributed by atoms with Crippen molar-refractivity contribution in [2.75, 3.05) is 44.2 Å². The number of hydrogen-bond acceptors (Lipinski definition) is 7. The first-order valence-electron chi connectivity index (χ1n) is 5.88. The molecule has 0 bridgehead atoms. The van der Waals surface area contributed by atoms with Crippen LogP contribution in [-0.2, 0) is 0 Å². The minimum absolute atomic E-state index is 0.204. The molecule has 3 N–H and O–H groups in total. The van der Waals surface area contributed by atoms with Gasteiger partial charge >= 0.3 is 6.01 Å². The number of anilines is 1. The van der Waals surface area contributed by atoms with Crippen molar-refractivity contribution < 1.29 is 9.52 Å². The van der Waals surface area contributed by atoms with E-state index in [1.807, 2.05) is 11.8 Å². The molecule has 0 spiro atoms. The number of piperazine rings is 1. The average Bonchev–Trinajstić information content (AvgIpc) is 2.80. The van der Waals surface area contributed by atoms with Crippen molar-refractivity contribution in [3.05, 3.63) is 5.89 Å². The second-order valence-electron chi connectivity index (χ2n) is 4.26. The molecular weight excluding hydrogens is 222 g/mol. The second kappa shape index (κ2) is 5.44. The number of rotatable bonds is 4. The fourth-order valence-corrected chi connectivity index (χ4v) is 1.84. The number of aliphatic hydroxyl groups is 1. The summed E-state index contributed by atoms with van der Waals surface area (Å²) in [5.41, 5.74) is 5.67. The lowest BCUT2D eigenvalue weighted by atomic mass is 10.3. The molecular formula is C10H19N5O2. The van der Waals surface area contributed by atoms with Gasteiger partial charge in [0.05, 0.1) is 12.6 Å². The van der Waals surface area contributed by atoms with Crippen LogP contribution < -0.4 is 10.6 Å². The normalized spacial score (nSPS) is 19.6. The summed E-state index contributed by atoms with van der Waals surface area (Å²) in [6, 6.07) is 0.313. The van der Waals surface area contributed by atoms with Crippen LogP contribution in [0.1, 0.15) is 18.9 Å². The molecule has 96 valence electrons. The third-order valence-corrected chi connectivity index (χ3v) is 2.88. The zero-order valence-electron chi connectivity index (χ0n) is 10.0. The molecule has 0 radical (unpaired) electrons. The van der Waals surface area contributed by atoms with Crippen LogP contribution in [0.2, 0.25) is 0 Å². The lowest BCUT2D eigenvalue weighted by Gasteiger charge is -2.33. The third-order valence-electron chi connectivity index (χ3n) is 2.88. The summed E-state index contributed by atoms with van der Waals surface area (Å²) in [6.45, 7) is 6.21. The summed E-state index contributed by atoms with van der Waals surface area (Å²) in [4.78, 5) is 4.26. The summed E-state index contributed by atoms with van der Waals surface area (Å²) >= 11 is 0. The molecule has 1 unspecified atom stereocenters. The Morgan fingerprint density at radius 3 is 2.59 bits per heavy atom. The first kappa shape index (κ1) is 12.3. The van der Waals surface area contributed by atoms with E-state index in [-0.39, 0.29) is 12.6 Å². The maximum atomic E-state index is 8.86. The molecule has 2 heterocycles. The van der Waals surface area contributed by atoms with Crippen LogP contribution >= 0.6 is 0 Å². The van der Waals surface area contributed by atoms with Gasteiger partial charge < -0.3 is 20.2 Å². The number of hydrogen-bond donors (Lipinski definition) is 2. The predicted octanol–water partition coefficient (Wildman–Crippen LogP) is -0.796. The Hall–Kier alpha value is -1.18. The molecule has 1 aromatic rings. The van der Waals surface area contributed by atoms with Crippen LogP contribution in [0.3, 0.4) is 0 Å². The van der Waals surface area contributed by atoms with Gasteiger partial charge in [-0.1, -0.05) is 5.10 Å². The van der Waals surface area contributed by atoms with Crippen LogP contribution in [0, 0.1) is 0 Å². The maximum Gasteiger partial charge on any atom is 0.318 e. The number of nitrogens with two attached hydrogens (primary N) is 1. The standard InChI is InChI=1S/C10H19N5O2/c1-8(11)9-12-13-10(17-9)15-4-2-14(3-5-15)6-7-16/h8,16H,2-7,11H2,1H3. The lowest BCUT2D eigenvalue weighted by molar-refractivity contribution is 0.187. The zero-order valence-corrected chi connectivity index (χ0v) is 10.0. The Kier molecular flexibility index (Phi) is 3.93. The molecule has 0 saturated carbocycles. The van der Waals surface area contributed by atoms with Crippen molar-refractivity contribution in [1.82, 2.24) is 15.1 Å². The van der Waals surface area contributed by atoms with Crippen LogP contribution in [0.4, 0.5) is 6.01 Å². The molecule has 17 heavy (non-hydrogen) atoms. The highest BCUT2D eigenvalue weighted by atomic mass is 16.4. The molecule has 1 aliphatic heterocycles. The van der Waals surface area contributed by atoms with Crippen molar-refractivity contribution in [1.29, 1.82) is 0 Å². The monoisotopic (exact) mass is 241 g/mol. The smallest absolute Gasteiger partial charge is 0.318 e. The molecule has 2 rings (SSSR count). The van der Waals surface area contributed by atoms with Gasteiger partial charge in [-0.3, -0.25) is 4.90 Å². The van der Waals surface area contributed by atoms with E-state index in [1.54, 1.807) is 0 Å². The number of nitrogens with zero attached hydrogens (tertiary/aromatic N) is 4. The Bertz CT molecular complexity index is 346. The highest BCUT2D eigenvalue weighted by Gasteiger charge is 2.21. The lowest BCUT2D eigenvalue weighted by Crippen LogP contribution is -2.47.